The van der Waals surface area contributed by atoms with Crippen molar-refractivity contribution in [3.8, 4) is 5.75 Å². The third-order valence-electron chi connectivity index (χ3n) is 5.50. The second-order valence-electron chi connectivity index (χ2n) is 7.50. The lowest BCUT2D eigenvalue weighted by Crippen LogP contribution is -2.49. The SMILES string of the molecule is Cc1cc(C)c(C(=O)N[C@@H]2CC3(CCOCC3)Oc3ccccc32)c(=O)[nH]1. The Morgan fingerprint density at radius 2 is 1.96 bits per heavy atom. The molecule has 1 saturated heterocycles. The van der Waals surface area contributed by atoms with Gasteiger partial charge in [-0.1, -0.05) is 18.2 Å². The zero-order valence-electron chi connectivity index (χ0n) is 15.6. The first-order chi connectivity index (χ1) is 13.0. The molecule has 3 heterocycles. The zero-order valence-corrected chi connectivity index (χ0v) is 15.6. The number of aryl methyl sites for hydroxylation is 2. The fourth-order valence-electron chi connectivity index (χ4n) is 4.16. The van der Waals surface area contributed by atoms with Crippen LogP contribution < -0.4 is 15.6 Å². The number of aromatic nitrogens is 1. The average Bonchev–Trinajstić information content (AvgIpc) is 2.61. The van der Waals surface area contributed by atoms with E-state index in [-0.39, 0.29) is 28.7 Å². The molecule has 0 radical (unpaired) electrons. The maximum Gasteiger partial charge on any atom is 0.261 e. The molecule has 1 amide bonds. The van der Waals surface area contributed by atoms with E-state index in [0.717, 1.165) is 29.8 Å². The highest BCUT2D eigenvalue weighted by Gasteiger charge is 2.42. The van der Waals surface area contributed by atoms with Crippen LogP contribution in [0.4, 0.5) is 0 Å². The van der Waals surface area contributed by atoms with E-state index in [1.807, 2.05) is 30.3 Å². The number of H-pyrrole nitrogens is 1. The molecular weight excluding hydrogens is 344 g/mol. The van der Waals surface area contributed by atoms with Crippen LogP contribution in [0.5, 0.6) is 5.75 Å². The summed E-state index contributed by atoms with van der Waals surface area (Å²) in [5.41, 5.74) is 1.85. The third-order valence-corrected chi connectivity index (χ3v) is 5.50. The Labute approximate surface area is 157 Å². The standard InChI is InChI=1S/C21H24N2O4/c1-13-11-14(2)22-19(24)18(13)20(25)23-16-12-21(7-9-26-10-8-21)27-17-6-4-3-5-15(16)17/h3-6,11,16H,7-10,12H2,1-2H3,(H,22,24)(H,23,25)/t16-/m1/s1. The number of rotatable bonds is 2. The van der Waals surface area contributed by atoms with Crippen molar-refractivity contribution in [1.82, 2.24) is 10.3 Å². The first kappa shape index (κ1) is 17.8. The highest BCUT2D eigenvalue weighted by Crippen LogP contribution is 2.43. The molecule has 0 bridgehead atoms. The summed E-state index contributed by atoms with van der Waals surface area (Å²) in [6.45, 7) is 4.90. The molecule has 1 fully saturated rings. The molecule has 6 nitrogen and oxygen atoms in total. The number of hydrogen-bond acceptors (Lipinski definition) is 4. The maximum absolute atomic E-state index is 13.0. The minimum absolute atomic E-state index is 0.172. The topological polar surface area (TPSA) is 80.4 Å². The molecule has 0 aliphatic carbocycles. The van der Waals surface area contributed by atoms with Crippen molar-refractivity contribution >= 4 is 5.91 Å². The predicted molar refractivity (Wildman–Crippen MR) is 101 cm³/mol. The van der Waals surface area contributed by atoms with Gasteiger partial charge in [-0.3, -0.25) is 9.59 Å². The second kappa shape index (κ2) is 6.85. The molecule has 1 atom stereocenters. The van der Waals surface area contributed by atoms with E-state index in [9.17, 15) is 9.59 Å². The molecule has 0 unspecified atom stereocenters. The lowest BCUT2D eigenvalue weighted by molar-refractivity contribution is -0.0639. The Kier molecular flexibility index (Phi) is 4.52. The number of fused-ring (bicyclic) bond motifs is 1. The van der Waals surface area contributed by atoms with Gasteiger partial charge in [0.1, 0.15) is 16.9 Å². The summed E-state index contributed by atoms with van der Waals surface area (Å²) in [6.07, 6.45) is 2.25. The summed E-state index contributed by atoms with van der Waals surface area (Å²) >= 11 is 0. The van der Waals surface area contributed by atoms with E-state index in [2.05, 4.69) is 10.3 Å². The first-order valence-electron chi connectivity index (χ1n) is 9.34. The van der Waals surface area contributed by atoms with Crippen LogP contribution >= 0.6 is 0 Å². The van der Waals surface area contributed by atoms with Crippen LogP contribution in [0.3, 0.4) is 0 Å². The van der Waals surface area contributed by atoms with E-state index >= 15 is 0 Å². The number of carbonyl (C=O) groups is 1. The van der Waals surface area contributed by atoms with Crippen molar-refractivity contribution in [2.45, 2.75) is 44.8 Å². The van der Waals surface area contributed by atoms with Crippen LogP contribution in [0.25, 0.3) is 0 Å². The summed E-state index contributed by atoms with van der Waals surface area (Å²) in [6, 6.07) is 9.39. The van der Waals surface area contributed by atoms with Crippen LogP contribution in [0, 0.1) is 13.8 Å². The van der Waals surface area contributed by atoms with E-state index in [0.29, 0.717) is 25.2 Å². The molecule has 142 valence electrons. The number of ether oxygens (including phenoxy) is 2. The van der Waals surface area contributed by atoms with Crippen LogP contribution in [0.1, 0.15) is 52.5 Å². The molecule has 6 heteroatoms. The Hall–Kier alpha value is -2.60. The fraction of sp³-hybridized carbons (Fsp3) is 0.429. The molecule has 1 aromatic carbocycles. The molecule has 4 rings (SSSR count). The lowest BCUT2D eigenvalue weighted by Gasteiger charge is -2.44. The van der Waals surface area contributed by atoms with Gasteiger partial charge in [0, 0.05) is 30.5 Å². The lowest BCUT2D eigenvalue weighted by atomic mass is 9.82. The van der Waals surface area contributed by atoms with Crippen molar-refractivity contribution in [3.05, 3.63) is 63.1 Å². The quantitative estimate of drug-likeness (QED) is 0.854. The van der Waals surface area contributed by atoms with Gasteiger partial charge in [0.15, 0.2) is 0 Å². The number of para-hydroxylation sites is 1. The van der Waals surface area contributed by atoms with Crippen molar-refractivity contribution in [1.29, 1.82) is 0 Å². The van der Waals surface area contributed by atoms with E-state index < -0.39 is 0 Å². The van der Waals surface area contributed by atoms with Crippen LogP contribution in [0.15, 0.2) is 35.1 Å². The number of benzene rings is 1. The van der Waals surface area contributed by atoms with Gasteiger partial charge in [0.25, 0.3) is 11.5 Å². The van der Waals surface area contributed by atoms with Crippen LogP contribution in [0.2, 0.25) is 0 Å². The summed E-state index contributed by atoms with van der Waals surface area (Å²) in [5, 5.41) is 3.08. The molecule has 2 N–H and O–H groups in total. The van der Waals surface area contributed by atoms with Crippen molar-refractivity contribution in [2.24, 2.45) is 0 Å². The van der Waals surface area contributed by atoms with Crippen molar-refractivity contribution in [3.63, 3.8) is 0 Å². The van der Waals surface area contributed by atoms with Gasteiger partial charge >= 0.3 is 0 Å². The van der Waals surface area contributed by atoms with E-state index in [1.165, 1.54) is 0 Å². The monoisotopic (exact) mass is 368 g/mol. The molecular formula is C21H24N2O4. The highest BCUT2D eigenvalue weighted by atomic mass is 16.5. The Balaban J connectivity index is 1.66. The van der Waals surface area contributed by atoms with Gasteiger partial charge in [0.05, 0.1) is 19.3 Å². The Bertz CT molecular complexity index is 928. The molecule has 2 aliphatic rings. The fourth-order valence-corrected chi connectivity index (χ4v) is 4.16. The van der Waals surface area contributed by atoms with Gasteiger partial charge in [-0.15, -0.1) is 0 Å². The Morgan fingerprint density at radius 3 is 2.70 bits per heavy atom. The smallest absolute Gasteiger partial charge is 0.261 e. The number of pyridine rings is 1. The molecule has 1 aromatic heterocycles. The normalized spacial score (nSPS) is 20.6. The summed E-state index contributed by atoms with van der Waals surface area (Å²) < 4.78 is 11.8. The van der Waals surface area contributed by atoms with Gasteiger partial charge in [-0.2, -0.15) is 0 Å². The number of aromatic amines is 1. The molecule has 27 heavy (non-hydrogen) atoms. The highest BCUT2D eigenvalue weighted by molar-refractivity contribution is 5.95. The van der Waals surface area contributed by atoms with Gasteiger partial charge in [0.2, 0.25) is 0 Å². The van der Waals surface area contributed by atoms with Gasteiger partial charge in [-0.05, 0) is 31.5 Å². The molecule has 1 spiro atoms. The van der Waals surface area contributed by atoms with Gasteiger partial charge < -0.3 is 19.8 Å². The van der Waals surface area contributed by atoms with Crippen LogP contribution in [-0.4, -0.2) is 29.7 Å². The second-order valence-corrected chi connectivity index (χ2v) is 7.50. The maximum atomic E-state index is 13.0. The minimum atomic E-state index is -0.355. The van der Waals surface area contributed by atoms with Crippen molar-refractivity contribution in [2.75, 3.05) is 13.2 Å². The summed E-state index contributed by atoms with van der Waals surface area (Å²) in [5.74, 6) is 0.447. The van der Waals surface area contributed by atoms with E-state index in [4.69, 9.17) is 9.47 Å². The molecule has 0 saturated carbocycles. The number of amides is 1. The number of hydrogen-bond donors (Lipinski definition) is 2. The first-order valence-corrected chi connectivity index (χ1v) is 9.34. The predicted octanol–water partition coefficient (Wildman–Crippen LogP) is 2.79. The average molecular weight is 368 g/mol. The van der Waals surface area contributed by atoms with Crippen molar-refractivity contribution < 1.29 is 14.3 Å². The largest absolute Gasteiger partial charge is 0.487 e. The molecule has 2 aromatic rings. The Morgan fingerprint density at radius 1 is 1.22 bits per heavy atom. The summed E-state index contributed by atoms with van der Waals surface area (Å²) in [4.78, 5) is 28.0. The molecule has 2 aliphatic heterocycles. The van der Waals surface area contributed by atoms with Crippen LogP contribution in [-0.2, 0) is 4.74 Å². The van der Waals surface area contributed by atoms with Gasteiger partial charge in [-0.25, -0.2) is 0 Å². The number of nitrogens with one attached hydrogen (secondary N) is 2. The van der Waals surface area contributed by atoms with E-state index in [1.54, 1.807) is 13.8 Å². The third kappa shape index (κ3) is 3.37. The minimum Gasteiger partial charge on any atom is -0.487 e. The number of carbonyl (C=O) groups excluding carboxylic acids is 1. The zero-order chi connectivity index (χ0) is 19.0. The summed E-state index contributed by atoms with van der Waals surface area (Å²) in [7, 11) is 0.